The number of likely N-dealkylation sites (N-methyl/N-ethyl adjacent to an activating group) is 1. The molecule has 0 bridgehead atoms. The average molecular weight is 404 g/mol. The molecular weight excluding hydrogens is 385 g/mol. The van der Waals surface area contributed by atoms with Gasteiger partial charge >= 0.3 is 0 Å². The fourth-order valence-electron chi connectivity index (χ4n) is 2.57. The maximum absolute atomic E-state index is 13.0. The Morgan fingerprint density at radius 2 is 1.84 bits per heavy atom. The summed E-state index contributed by atoms with van der Waals surface area (Å²) in [5.41, 5.74) is 0.926. The molecule has 25 heavy (non-hydrogen) atoms. The number of sulfonamides is 1. The fourth-order valence-corrected chi connectivity index (χ4v) is 4.88. The van der Waals surface area contributed by atoms with Crippen LogP contribution < -0.4 is 0 Å². The number of aryl methyl sites for hydroxylation is 2. The molecule has 2 aromatic rings. The molecule has 2 rings (SSSR count). The van der Waals surface area contributed by atoms with E-state index in [2.05, 4.69) is 5.10 Å². The summed E-state index contributed by atoms with van der Waals surface area (Å²) in [6.45, 7) is 4.79. The van der Waals surface area contributed by atoms with Crippen LogP contribution in [-0.4, -0.2) is 35.0 Å². The van der Waals surface area contributed by atoms with E-state index >= 15 is 0 Å². The summed E-state index contributed by atoms with van der Waals surface area (Å²) in [4.78, 5) is 12.7. The largest absolute Gasteiger partial charge is 0.273 e. The van der Waals surface area contributed by atoms with Gasteiger partial charge in [0.15, 0.2) is 0 Å². The molecule has 0 radical (unpaired) electrons. The molecule has 0 aliphatic heterocycles. The highest BCUT2D eigenvalue weighted by Crippen LogP contribution is 2.30. The Kier molecular flexibility index (Phi) is 5.81. The van der Waals surface area contributed by atoms with E-state index < -0.39 is 21.8 Å². The molecule has 1 aromatic carbocycles. The van der Waals surface area contributed by atoms with Gasteiger partial charge in [0, 0.05) is 18.6 Å². The van der Waals surface area contributed by atoms with Gasteiger partial charge in [-0.3, -0.25) is 9.48 Å². The first-order valence-corrected chi connectivity index (χ1v) is 9.82. The molecule has 0 N–H and O–H groups in total. The number of amides is 1. The van der Waals surface area contributed by atoms with Crippen LogP contribution in [0.25, 0.3) is 0 Å². The van der Waals surface area contributed by atoms with Crippen LogP contribution in [-0.2, 0) is 21.9 Å². The van der Waals surface area contributed by atoms with E-state index in [1.165, 1.54) is 4.68 Å². The molecule has 0 aliphatic carbocycles. The predicted molar refractivity (Wildman–Crippen MR) is 97.4 cm³/mol. The monoisotopic (exact) mass is 403 g/mol. The second-order valence-electron chi connectivity index (χ2n) is 5.61. The van der Waals surface area contributed by atoms with Gasteiger partial charge in [-0.2, -0.15) is 5.10 Å². The Labute approximate surface area is 157 Å². The summed E-state index contributed by atoms with van der Waals surface area (Å²) in [5, 5.41) is 4.54. The van der Waals surface area contributed by atoms with Crippen LogP contribution in [0.5, 0.6) is 0 Å². The van der Waals surface area contributed by atoms with Crippen LogP contribution in [0.4, 0.5) is 0 Å². The van der Waals surface area contributed by atoms with Gasteiger partial charge in [-0.15, -0.1) is 0 Å². The van der Waals surface area contributed by atoms with E-state index in [4.69, 9.17) is 23.2 Å². The first kappa shape index (κ1) is 19.8. The molecule has 0 aliphatic rings. The van der Waals surface area contributed by atoms with Crippen LogP contribution >= 0.6 is 23.2 Å². The van der Waals surface area contributed by atoms with Crippen LogP contribution in [0.1, 0.15) is 31.0 Å². The predicted octanol–water partition coefficient (Wildman–Crippen LogP) is 3.38. The lowest BCUT2D eigenvalue weighted by Gasteiger charge is -2.24. The Bertz CT molecular complexity index is 892. The van der Waals surface area contributed by atoms with Gasteiger partial charge < -0.3 is 0 Å². The molecule has 1 aromatic heterocycles. The molecule has 1 amide bonds. The zero-order valence-corrected chi connectivity index (χ0v) is 16.7. The highest BCUT2D eigenvalue weighted by Gasteiger charge is 2.36. The molecule has 0 saturated carbocycles. The number of hydrogen-bond donors (Lipinski definition) is 0. The van der Waals surface area contributed by atoms with Crippen molar-refractivity contribution in [3.8, 4) is 0 Å². The van der Waals surface area contributed by atoms with Crippen molar-refractivity contribution in [3.63, 3.8) is 0 Å². The lowest BCUT2D eigenvalue weighted by molar-refractivity contribution is -0.127. The van der Waals surface area contributed by atoms with E-state index in [9.17, 15) is 13.2 Å². The number of nitrogens with zero attached hydrogens (tertiary/aromatic N) is 3. The van der Waals surface area contributed by atoms with Crippen molar-refractivity contribution in [2.45, 2.75) is 31.6 Å². The van der Waals surface area contributed by atoms with E-state index in [-0.39, 0.29) is 22.3 Å². The van der Waals surface area contributed by atoms with Crippen molar-refractivity contribution in [1.29, 1.82) is 0 Å². The maximum atomic E-state index is 13.0. The molecule has 136 valence electrons. The number of benzene rings is 1. The summed E-state index contributed by atoms with van der Waals surface area (Å²) in [6, 6.07) is 6.72. The van der Waals surface area contributed by atoms with Crippen molar-refractivity contribution in [1.82, 2.24) is 14.1 Å². The highest BCUT2D eigenvalue weighted by molar-refractivity contribution is 7.89. The Morgan fingerprint density at radius 3 is 2.28 bits per heavy atom. The molecule has 0 spiro atoms. The second kappa shape index (κ2) is 7.35. The minimum Gasteiger partial charge on any atom is -0.273 e. The van der Waals surface area contributed by atoms with Gasteiger partial charge in [0.1, 0.15) is 10.0 Å². The van der Waals surface area contributed by atoms with Gasteiger partial charge in [-0.25, -0.2) is 12.7 Å². The Morgan fingerprint density at radius 1 is 1.28 bits per heavy atom. The van der Waals surface area contributed by atoms with Gasteiger partial charge in [0.05, 0.1) is 11.6 Å². The second-order valence-corrected chi connectivity index (χ2v) is 8.20. The number of hydrogen-bond acceptors (Lipinski definition) is 4. The fraction of sp³-hybridized carbons (Fsp3) is 0.375. The lowest BCUT2D eigenvalue weighted by atomic mass is 10.0. The van der Waals surface area contributed by atoms with Gasteiger partial charge in [-0.05, 0) is 38.5 Å². The zero-order valence-electron chi connectivity index (χ0n) is 14.3. The van der Waals surface area contributed by atoms with E-state index in [0.717, 1.165) is 4.31 Å². The van der Waals surface area contributed by atoms with Crippen molar-refractivity contribution >= 4 is 39.1 Å². The van der Waals surface area contributed by atoms with Crippen LogP contribution in [0.2, 0.25) is 10.2 Å². The quantitative estimate of drug-likeness (QED) is 0.766. The zero-order chi connectivity index (χ0) is 18.9. The Balaban J connectivity index is 2.43. The first-order valence-electron chi connectivity index (χ1n) is 7.62. The van der Waals surface area contributed by atoms with Crippen molar-refractivity contribution in [2.75, 3.05) is 6.54 Å². The number of carbonyl (C=O) groups excluding carboxylic acids is 1. The molecule has 1 atom stereocenters. The summed E-state index contributed by atoms with van der Waals surface area (Å²) >= 11 is 11.9. The number of halogens is 2. The summed E-state index contributed by atoms with van der Waals surface area (Å²) in [6.07, 6.45) is 0. The van der Waals surface area contributed by atoms with Crippen LogP contribution in [0, 0.1) is 6.92 Å². The molecule has 6 nitrogen and oxygen atoms in total. The summed E-state index contributed by atoms with van der Waals surface area (Å²) in [5.74, 6) is -1.19. The standard InChI is InChI=1S/C16H19Cl2N3O3S/c1-5-21(16(22)10(2)12-6-8-13(17)9-7-12)25(23,24)14-11(3)19-20(4)15(14)18/h6-10H,5H2,1-4H3. The van der Waals surface area contributed by atoms with E-state index in [1.807, 2.05) is 0 Å². The van der Waals surface area contributed by atoms with Crippen LogP contribution in [0.3, 0.4) is 0 Å². The summed E-state index contributed by atoms with van der Waals surface area (Å²) in [7, 11) is -2.57. The van der Waals surface area contributed by atoms with Gasteiger partial charge in [0.25, 0.3) is 10.0 Å². The molecular formula is C16H19Cl2N3O3S. The normalized spacial score (nSPS) is 12.9. The van der Waals surface area contributed by atoms with Gasteiger partial charge in [-0.1, -0.05) is 35.3 Å². The SMILES string of the molecule is CCN(C(=O)C(C)c1ccc(Cl)cc1)S(=O)(=O)c1c(C)nn(C)c1Cl. The third-order valence-electron chi connectivity index (χ3n) is 3.92. The van der Waals surface area contributed by atoms with E-state index in [0.29, 0.717) is 10.6 Å². The first-order chi connectivity index (χ1) is 11.6. The van der Waals surface area contributed by atoms with E-state index in [1.54, 1.807) is 52.1 Å². The average Bonchev–Trinajstić information content (AvgIpc) is 2.80. The lowest BCUT2D eigenvalue weighted by Crippen LogP contribution is -2.39. The van der Waals surface area contributed by atoms with Gasteiger partial charge in [0.2, 0.25) is 5.91 Å². The Hall–Kier alpha value is -1.57. The maximum Gasteiger partial charge on any atom is 0.271 e. The number of carbonyl (C=O) groups is 1. The smallest absolute Gasteiger partial charge is 0.271 e. The van der Waals surface area contributed by atoms with Crippen molar-refractivity contribution < 1.29 is 13.2 Å². The minimum absolute atomic E-state index is 0.0102. The van der Waals surface area contributed by atoms with Crippen molar-refractivity contribution in [3.05, 3.63) is 45.7 Å². The molecule has 0 fully saturated rings. The molecule has 1 heterocycles. The van der Waals surface area contributed by atoms with Crippen molar-refractivity contribution in [2.24, 2.45) is 7.05 Å². The molecule has 1 unspecified atom stereocenters. The number of rotatable bonds is 5. The molecule has 9 heteroatoms. The molecule has 0 saturated heterocycles. The minimum atomic E-state index is -4.11. The van der Waals surface area contributed by atoms with Crippen LogP contribution in [0.15, 0.2) is 29.2 Å². The third kappa shape index (κ3) is 3.68. The topological polar surface area (TPSA) is 72.3 Å². The summed E-state index contributed by atoms with van der Waals surface area (Å²) < 4.78 is 28.1. The third-order valence-corrected chi connectivity index (χ3v) is 6.74. The highest BCUT2D eigenvalue weighted by atomic mass is 35.5. The number of aromatic nitrogens is 2.